The largest absolute Gasteiger partial charge is 0.0591 e. The van der Waals surface area contributed by atoms with Crippen molar-refractivity contribution in [2.45, 2.75) is 32.6 Å². The highest BCUT2D eigenvalue weighted by Gasteiger charge is 2.80. The molecule has 0 heteroatoms. The van der Waals surface area contributed by atoms with E-state index in [9.17, 15) is 0 Å². The maximum absolute atomic E-state index is 2.49. The summed E-state index contributed by atoms with van der Waals surface area (Å²) < 4.78 is 0. The lowest BCUT2D eigenvalue weighted by Gasteiger charge is -2.01. The second-order valence-corrected chi connectivity index (χ2v) is 4.33. The number of rotatable bonds is 0. The molecule has 0 N–H and O–H groups in total. The lowest BCUT2D eigenvalue weighted by molar-refractivity contribution is 0.498. The molecule has 1 unspecified atom stereocenters. The van der Waals surface area contributed by atoms with Gasteiger partial charge in [0.05, 0.1) is 0 Å². The standard InChI is InChI=1S/C8H12/c1-7-3-2-6-4-8(6,7)5-7/h6H,2-5H2,1H3/t6?,7-,8-/m1/s1. The normalized spacial score (nSPS) is 73.9. The van der Waals surface area contributed by atoms with Crippen molar-refractivity contribution in [3.05, 3.63) is 0 Å². The third-order valence-corrected chi connectivity index (χ3v) is 4.06. The zero-order valence-corrected chi connectivity index (χ0v) is 5.41. The molecule has 3 aliphatic rings. The molecule has 3 rings (SSSR count). The Labute approximate surface area is 50.3 Å². The fraction of sp³-hybridized carbons (Fsp3) is 1.00. The summed E-state index contributed by atoms with van der Waals surface area (Å²) in [6.45, 7) is 2.49. The summed E-state index contributed by atoms with van der Waals surface area (Å²) in [5.41, 5.74) is 1.84. The number of hydrogen-bond acceptors (Lipinski definition) is 0. The van der Waals surface area contributed by atoms with Crippen LogP contribution in [0.4, 0.5) is 0 Å². The Morgan fingerprint density at radius 1 is 1.50 bits per heavy atom. The van der Waals surface area contributed by atoms with Crippen LogP contribution in [0, 0.1) is 16.7 Å². The van der Waals surface area contributed by atoms with Crippen LogP contribution in [0.2, 0.25) is 0 Å². The maximum Gasteiger partial charge on any atom is -0.0207 e. The van der Waals surface area contributed by atoms with Crippen molar-refractivity contribution in [1.29, 1.82) is 0 Å². The molecule has 3 fully saturated rings. The predicted molar refractivity (Wildman–Crippen MR) is 32.5 cm³/mol. The van der Waals surface area contributed by atoms with Crippen LogP contribution < -0.4 is 0 Å². The van der Waals surface area contributed by atoms with Gasteiger partial charge in [-0.1, -0.05) is 6.92 Å². The van der Waals surface area contributed by atoms with Crippen molar-refractivity contribution in [2.24, 2.45) is 16.7 Å². The van der Waals surface area contributed by atoms with Gasteiger partial charge in [-0.3, -0.25) is 0 Å². The molecule has 0 bridgehead atoms. The molecule has 0 heterocycles. The van der Waals surface area contributed by atoms with Gasteiger partial charge in [-0.05, 0) is 42.4 Å². The lowest BCUT2D eigenvalue weighted by Crippen LogP contribution is -1.90. The topological polar surface area (TPSA) is 0 Å². The molecular weight excluding hydrogens is 96.1 g/mol. The van der Waals surface area contributed by atoms with E-state index in [0.29, 0.717) is 0 Å². The van der Waals surface area contributed by atoms with Crippen LogP contribution in [0.25, 0.3) is 0 Å². The van der Waals surface area contributed by atoms with Crippen LogP contribution in [0.15, 0.2) is 0 Å². The molecule has 44 valence electrons. The van der Waals surface area contributed by atoms with E-state index in [2.05, 4.69) is 6.92 Å². The first-order chi connectivity index (χ1) is 3.77. The van der Waals surface area contributed by atoms with Gasteiger partial charge in [0.15, 0.2) is 0 Å². The van der Waals surface area contributed by atoms with Crippen LogP contribution in [0.3, 0.4) is 0 Å². The first-order valence-electron chi connectivity index (χ1n) is 3.77. The molecule has 3 saturated carbocycles. The molecule has 3 aliphatic carbocycles. The highest BCUT2D eigenvalue weighted by Crippen LogP contribution is 2.88. The molecule has 0 saturated heterocycles. The summed E-state index contributed by atoms with van der Waals surface area (Å²) in [7, 11) is 0. The van der Waals surface area contributed by atoms with Gasteiger partial charge in [-0.15, -0.1) is 0 Å². The minimum atomic E-state index is 0.873. The minimum absolute atomic E-state index is 0.873. The van der Waals surface area contributed by atoms with E-state index in [-0.39, 0.29) is 0 Å². The van der Waals surface area contributed by atoms with Crippen molar-refractivity contribution >= 4 is 0 Å². The maximum atomic E-state index is 2.49. The monoisotopic (exact) mass is 108 g/mol. The quantitative estimate of drug-likeness (QED) is 0.446. The molecule has 8 heavy (non-hydrogen) atoms. The molecule has 3 atom stereocenters. The first kappa shape index (κ1) is 3.92. The van der Waals surface area contributed by atoms with E-state index in [0.717, 1.165) is 10.8 Å². The van der Waals surface area contributed by atoms with Gasteiger partial charge in [0.1, 0.15) is 0 Å². The van der Waals surface area contributed by atoms with Gasteiger partial charge in [0.25, 0.3) is 0 Å². The molecule has 0 aromatic rings. The summed E-state index contributed by atoms with van der Waals surface area (Å²) in [5, 5.41) is 0. The molecule has 0 nitrogen and oxygen atoms in total. The van der Waals surface area contributed by atoms with Crippen LogP contribution in [-0.4, -0.2) is 0 Å². The van der Waals surface area contributed by atoms with E-state index >= 15 is 0 Å². The second kappa shape index (κ2) is 0.698. The van der Waals surface area contributed by atoms with E-state index in [1.165, 1.54) is 5.92 Å². The second-order valence-electron chi connectivity index (χ2n) is 4.33. The summed E-state index contributed by atoms with van der Waals surface area (Å²) in [6, 6.07) is 0. The zero-order valence-electron chi connectivity index (χ0n) is 5.41. The van der Waals surface area contributed by atoms with Crippen molar-refractivity contribution in [3.8, 4) is 0 Å². The summed E-state index contributed by atoms with van der Waals surface area (Å²) >= 11 is 0. The zero-order chi connectivity index (χ0) is 5.41. The SMILES string of the molecule is C[C@]12CCC3C[C@@]31C2. The molecule has 0 aliphatic heterocycles. The fourth-order valence-electron chi connectivity index (χ4n) is 3.20. The Kier molecular flexibility index (Phi) is 0.342. The van der Waals surface area contributed by atoms with Crippen molar-refractivity contribution in [1.82, 2.24) is 0 Å². The Morgan fingerprint density at radius 2 is 2.38 bits per heavy atom. The minimum Gasteiger partial charge on any atom is -0.0591 e. The van der Waals surface area contributed by atoms with Crippen molar-refractivity contribution in [2.75, 3.05) is 0 Å². The first-order valence-corrected chi connectivity index (χ1v) is 3.77. The van der Waals surface area contributed by atoms with E-state index in [4.69, 9.17) is 0 Å². The van der Waals surface area contributed by atoms with Crippen LogP contribution in [0.5, 0.6) is 0 Å². The lowest BCUT2D eigenvalue weighted by atomic mass is 10.0. The Balaban J connectivity index is 2.12. The summed E-state index contributed by atoms with van der Waals surface area (Å²) in [6.07, 6.45) is 6.31. The van der Waals surface area contributed by atoms with Crippen LogP contribution in [0.1, 0.15) is 32.6 Å². The van der Waals surface area contributed by atoms with Crippen LogP contribution >= 0.6 is 0 Å². The molecule has 0 radical (unpaired) electrons. The highest BCUT2D eigenvalue weighted by atomic mass is 14.8. The van der Waals surface area contributed by atoms with Crippen molar-refractivity contribution in [3.63, 3.8) is 0 Å². The molecule has 1 spiro atoms. The Morgan fingerprint density at radius 3 is 2.50 bits per heavy atom. The molecule has 0 aromatic carbocycles. The van der Waals surface area contributed by atoms with Gasteiger partial charge >= 0.3 is 0 Å². The van der Waals surface area contributed by atoms with E-state index in [1.807, 2.05) is 0 Å². The molecule has 0 amide bonds. The van der Waals surface area contributed by atoms with E-state index < -0.39 is 0 Å². The predicted octanol–water partition coefficient (Wildman–Crippen LogP) is 2.20. The molecular formula is C8H12. The third-order valence-electron chi connectivity index (χ3n) is 4.06. The van der Waals surface area contributed by atoms with Gasteiger partial charge in [-0.25, -0.2) is 0 Å². The van der Waals surface area contributed by atoms with E-state index in [1.54, 1.807) is 25.7 Å². The average molecular weight is 108 g/mol. The number of hydrogen-bond donors (Lipinski definition) is 0. The Bertz CT molecular complexity index is 153. The summed E-state index contributed by atoms with van der Waals surface area (Å²) in [4.78, 5) is 0. The van der Waals surface area contributed by atoms with Gasteiger partial charge < -0.3 is 0 Å². The molecule has 0 aromatic heterocycles. The fourth-order valence-corrected chi connectivity index (χ4v) is 3.20. The van der Waals surface area contributed by atoms with Gasteiger partial charge in [0, 0.05) is 0 Å². The van der Waals surface area contributed by atoms with Gasteiger partial charge in [-0.2, -0.15) is 0 Å². The summed E-state index contributed by atoms with van der Waals surface area (Å²) in [5.74, 6) is 1.20. The smallest absolute Gasteiger partial charge is 0.0207 e. The third kappa shape index (κ3) is 0.191. The van der Waals surface area contributed by atoms with Crippen molar-refractivity contribution < 1.29 is 0 Å². The van der Waals surface area contributed by atoms with Crippen LogP contribution in [-0.2, 0) is 0 Å². The Hall–Kier alpha value is 0. The highest BCUT2D eigenvalue weighted by molar-refractivity contribution is 5.29. The van der Waals surface area contributed by atoms with Gasteiger partial charge in [0.2, 0.25) is 0 Å². The average Bonchev–Trinajstić information content (AvgIpc) is 2.49.